The molecule has 0 unspecified atom stereocenters. The number of amides is 3. The summed E-state index contributed by atoms with van der Waals surface area (Å²) in [6.45, 7) is 0.241. The van der Waals surface area contributed by atoms with Crippen LogP contribution in [0, 0.1) is 0 Å². The lowest BCUT2D eigenvalue weighted by molar-refractivity contribution is -0.125. The highest BCUT2D eigenvalue weighted by Crippen LogP contribution is 2.29. The van der Waals surface area contributed by atoms with Crippen molar-refractivity contribution in [1.29, 1.82) is 0 Å². The molecule has 0 saturated carbocycles. The Hall–Kier alpha value is -3.68. The van der Waals surface area contributed by atoms with Crippen LogP contribution in [0.3, 0.4) is 0 Å². The molecule has 8 nitrogen and oxygen atoms in total. The van der Waals surface area contributed by atoms with Crippen LogP contribution in [-0.2, 0) is 28.0 Å². The monoisotopic (exact) mass is 391 g/mol. The molecular formula is C21H21N5O3. The van der Waals surface area contributed by atoms with E-state index in [0.29, 0.717) is 11.4 Å². The second-order valence-corrected chi connectivity index (χ2v) is 6.90. The van der Waals surface area contributed by atoms with E-state index in [1.165, 1.54) is 4.90 Å². The molecule has 8 heteroatoms. The molecule has 0 saturated heterocycles. The number of aryl methyl sites for hydroxylation is 1. The number of carbonyl (C=O) groups excluding carboxylic acids is 3. The highest BCUT2D eigenvalue weighted by Gasteiger charge is 2.26. The van der Waals surface area contributed by atoms with Gasteiger partial charge < -0.3 is 20.1 Å². The first kappa shape index (κ1) is 18.7. The first-order valence-corrected chi connectivity index (χ1v) is 9.39. The van der Waals surface area contributed by atoms with Gasteiger partial charge in [0.25, 0.3) is 0 Å². The van der Waals surface area contributed by atoms with E-state index in [2.05, 4.69) is 15.6 Å². The quantitative estimate of drug-likeness (QED) is 0.695. The summed E-state index contributed by atoms with van der Waals surface area (Å²) in [6.07, 6.45) is 0.0685. The lowest BCUT2D eigenvalue weighted by atomic mass is 10.1. The molecule has 0 atom stereocenters. The molecule has 0 radical (unpaired) electrons. The Morgan fingerprint density at radius 1 is 1.10 bits per heavy atom. The number of nitrogens with one attached hydrogen (secondary N) is 2. The van der Waals surface area contributed by atoms with E-state index in [4.69, 9.17) is 0 Å². The smallest absolute Gasteiger partial charge is 0.244 e. The van der Waals surface area contributed by atoms with E-state index >= 15 is 0 Å². The molecule has 29 heavy (non-hydrogen) atoms. The average molecular weight is 391 g/mol. The molecule has 0 bridgehead atoms. The fourth-order valence-electron chi connectivity index (χ4n) is 3.43. The molecule has 4 rings (SSSR count). The topological polar surface area (TPSA) is 96.3 Å². The Balaban J connectivity index is 1.34. The minimum Gasteiger partial charge on any atom is -0.349 e. The number of benzene rings is 2. The van der Waals surface area contributed by atoms with Crippen molar-refractivity contribution < 1.29 is 14.4 Å². The number of hydrogen-bond acceptors (Lipinski definition) is 4. The van der Waals surface area contributed by atoms with E-state index < -0.39 is 0 Å². The third-order valence-electron chi connectivity index (χ3n) is 4.96. The van der Waals surface area contributed by atoms with Gasteiger partial charge in [-0.15, -0.1) is 0 Å². The molecule has 2 N–H and O–H groups in total. The number of imidazole rings is 1. The maximum atomic E-state index is 12.6. The number of aromatic nitrogens is 2. The van der Waals surface area contributed by atoms with Crippen molar-refractivity contribution in [2.45, 2.75) is 19.4 Å². The van der Waals surface area contributed by atoms with Gasteiger partial charge in [-0.2, -0.15) is 0 Å². The first-order valence-electron chi connectivity index (χ1n) is 9.39. The summed E-state index contributed by atoms with van der Waals surface area (Å²) in [5, 5.41) is 5.56. The van der Waals surface area contributed by atoms with Crippen molar-refractivity contribution >= 4 is 40.1 Å². The van der Waals surface area contributed by atoms with Gasteiger partial charge in [-0.25, -0.2) is 4.98 Å². The maximum Gasteiger partial charge on any atom is 0.244 e. The summed E-state index contributed by atoms with van der Waals surface area (Å²) in [4.78, 5) is 42.6. The summed E-state index contributed by atoms with van der Waals surface area (Å²) in [5.41, 5.74) is 3.12. The van der Waals surface area contributed by atoms with Crippen LogP contribution in [0.5, 0.6) is 0 Å². The largest absolute Gasteiger partial charge is 0.349 e. The van der Waals surface area contributed by atoms with Crippen molar-refractivity contribution in [2.24, 2.45) is 7.05 Å². The second-order valence-electron chi connectivity index (χ2n) is 6.90. The van der Waals surface area contributed by atoms with Crippen LogP contribution < -0.4 is 15.5 Å². The van der Waals surface area contributed by atoms with Gasteiger partial charge in [-0.3, -0.25) is 14.4 Å². The Labute approximate surface area is 167 Å². The molecule has 1 aromatic heterocycles. The minimum atomic E-state index is -0.259. The van der Waals surface area contributed by atoms with Crippen LogP contribution in [0.4, 0.5) is 11.4 Å². The van der Waals surface area contributed by atoms with Gasteiger partial charge in [-0.05, 0) is 24.3 Å². The molecular weight excluding hydrogens is 370 g/mol. The predicted octanol–water partition coefficient (Wildman–Crippen LogP) is 1.95. The molecule has 2 heterocycles. The number of hydrogen-bond donors (Lipinski definition) is 2. The third kappa shape index (κ3) is 3.82. The normalized spacial score (nSPS) is 13.1. The summed E-state index contributed by atoms with van der Waals surface area (Å²) in [6, 6.07) is 14.9. The minimum absolute atomic E-state index is 0.0238. The van der Waals surface area contributed by atoms with Crippen LogP contribution in [0.25, 0.3) is 11.0 Å². The highest BCUT2D eigenvalue weighted by atomic mass is 16.2. The summed E-state index contributed by atoms with van der Waals surface area (Å²) >= 11 is 0. The third-order valence-corrected chi connectivity index (χ3v) is 4.96. The molecule has 2 aromatic carbocycles. The SMILES string of the molecule is Cn1c(CNC(=O)CCC(=O)N2CC(=O)Nc3ccccc32)nc2ccccc21. The zero-order chi connectivity index (χ0) is 20.4. The van der Waals surface area contributed by atoms with E-state index in [9.17, 15) is 14.4 Å². The Morgan fingerprint density at radius 3 is 2.69 bits per heavy atom. The van der Waals surface area contributed by atoms with Crippen LogP contribution >= 0.6 is 0 Å². The van der Waals surface area contributed by atoms with E-state index in [1.54, 1.807) is 24.3 Å². The van der Waals surface area contributed by atoms with Gasteiger partial charge in [0.05, 0.1) is 29.0 Å². The summed E-state index contributed by atoms with van der Waals surface area (Å²) in [5.74, 6) is 0.00110. The molecule has 0 spiro atoms. The zero-order valence-electron chi connectivity index (χ0n) is 16.0. The van der Waals surface area contributed by atoms with Gasteiger partial charge in [-0.1, -0.05) is 24.3 Å². The Morgan fingerprint density at radius 2 is 1.86 bits per heavy atom. The highest BCUT2D eigenvalue weighted by molar-refractivity contribution is 6.10. The molecule has 1 aliphatic heterocycles. The number of fused-ring (bicyclic) bond motifs is 2. The van der Waals surface area contributed by atoms with E-state index in [1.807, 2.05) is 35.9 Å². The van der Waals surface area contributed by atoms with Gasteiger partial charge in [0.1, 0.15) is 12.4 Å². The molecule has 148 valence electrons. The number of anilines is 2. The van der Waals surface area contributed by atoms with Gasteiger partial charge >= 0.3 is 0 Å². The Bertz CT molecular complexity index is 1100. The molecule has 3 amide bonds. The number of rotatable bonds is 5. The van der Waals surface area contributed by atoms with Crippen LogP contribution in [0.15, 0.2) is 48.5 Å². The molecule has 0 fully saturated rings. The van der Waals surface area contributed by atoms with Crippen molar-refractivity contribution in [2.75, 3.05) is 16.8 Å². The fourth-order valence-corrected chi connectivity index (χ4v) is 3.43. The molecule has 3 aromatic rings. The average Bonchev–Trinajstić information content (AvgIpc) is 3.05. The standard InChI is InChI=1S/C21H21N5O3/c1-25-16-8-4-2-6-14(16)23-18(25)12-22-19(27)10-11-21(29)26-13-20(28)24-15-7-3-5-9-17(15)26/h2-9H,10-13H2,1H3,(H,22,27)(H,24,28). The van der Waals surface area contributed by atoms with Crippen LogP contribution in [0.2, 0.25) is 0 Å². The first-order chi connectivity index (χ1) is 14.0. The van der Waals surface area contributed by atoms with Crippen LogP contribution in [0.1, 0.15) is 18.7 Å². The molecule has 0 aliphatic carbocycles. The van der Waals surface area contributed by atoms with Gasteiger partial charge in [0, 0.05) is 19.9 Å². The van der Waals surface area contributed by atoms with Crippen LogP contribution in [-0.4, -0.2) is 33.8 Å². The number of para-hydroxylation sites is 4. The lowest BCUT2D eigenvalue weighted by Crippen LogP contribution is -2.42. The van der Waals surface area contributed by atoms with E-state index in [0.717, 1.165) is 16.9 Å². The maximum absolute atomic E-state index is 12.6. The Kier molecular flexibility index (Phi) is 4.99. The van der Waals surface area contributed by atoms with Crippen molar-refractivity contribution in [3.63, 3.8) is 0 Å². The van der Waals surface area contributed by atoms with Crippen molar-refractivity contribution in [3.8, 4) is 0 Å². The fraction of sp³-hybridized carbons (Fsp3) is 0.238. The van der Waals surface area contributed by atoms with Crippen molar-refractivity contribution in [3.05, 3.63) is 54.4 Å². The number of carbonyl (C=O) groups is 3. The predicted molar refractivity (Wildman–Crippen MR) is 109 cm³/mol. The van der Waals surface area contributed by atoms with Gasteiger partial charge in [0.2, 0.25) is 17.7 Å². The van der Waals surface area contributed by atoms with Crippen molar-refractivity contribution in [1.82, 2.24) is 14.9 Å². The molecule has 1 aliphatic rings. The zero-order valence-corrected chi connectivity index (χ0v) is 16.0. The number of nitrogens with zero attached hydrogens (tertiary/aromatic N) is 3. The lowest BCUT2D eigenvalue weighted by Gasteiger charge is -2.29. The van der Waals surface area contributed by atoms with Gasteiger partial charge in [0.15, 0.2) is 0 Å². The summed E-state index contributed by atoms with van der Waals surface area (Å²) in [7, 11) is 1.90. The van der Waals surface area contributed by atoms with E-state index in [-0.39, 0.29) is 43.7 Å². The summed E-state index contributed by atoms with van der Waals surface area (Å²) < 4.78 is 1.93. The second kappa shape index (κ2) is 7.75.